The Morgan fingerprint density at radius 2 is 1.95 bits per heavy atom. The van der Waals surface area contributed by atoms with Gasteiger partial charge in [0.25, 0.3) is 5.89 Å². The van der Waals surface area contributed by atoms with Gasteiger partial charge in [-0.25, -0.2) is 0 Å². The molecule has 0 spiro atoms. The van der Waals surface area contributed by atoms with Gasteiger partial charge >= 0.3 is 0 Å². The molecule has 1 atom stereocenters. The fourth-order valence-electron chi connectivity index (χ4n) is 2.30. The lowest BCUT2D eigenvalue weighted by atomic mass is 10.1. The number of nitrogens with zero attached hydrogens (tertiary/aromatic N) is 2. The Kier molecular flexibility index (Phi) is 3.56. The fourth-order valence-corrected chi connectivity index (χ4v) is 2.30. The molecule has 1 aromatic carbocycles. The monoisotopic (exact) mass is 276 g/mol. The van der Waals surface area contributed by atoms with E-state index in [4.69, 9.17) is 18.7 Å². The van der Waals surface area contributed by atoms with Gasteiger partial charge < -0.3 is 18.7 Å². The van der Waals surface area contributed by atoms with Gasteiger partial charge in [-0.3, -0.25) is 0 Å². The predicted molar refractivity (Wildman–Crippen MR) is 71.0 cm³/mol. The number of hydrogen-bond acceptors (Lipinski definition) is 6. The minimum Gasteiger partial charge on any atom is -0.496 e. The molecule has 3 rings (SSSR count). The highest BCUT2D eigenvalue weighted by Crippen LogP contribution is 2.38. The van der Waals surface area contributed by atoms with Crippen molar-refractivity contribution in [1.82, 2.24) is 10.1 Å². The van der Waals surface area contributed by atoms with E-state index in [0.29, 0.717) is 35.4 Å². The first kappa shape index (κ1) is 12.9. The maximum absolute atomic E-state index is 5.37. The predicted octanol–water partition coefficient (Wildman–Crippen LogP) is 2.26. The number of rotatable bonds is 4. The van der Waals surface area contributed by atoms with E-state index in [0.717, 1.165) is 13.0 Å². The number of ether oxygens (including phenoxy) is 3. The van der Waals surface area contributed by atoms with E-state index in [-0.39, 0.29) is 5.92 Å². The summed E-state index contributed by atoms with van der Waals surface area (Å²) in [6.45, 7) is 1.38. The van der Waals surface area contributed by atoms with Crippen LogP contribution in [0.2, 0.25) is 0 Å². The van der Waals surface area contributed by atoms with E-state index in [1.165, 1.54) is 0 Å². The van der Waals surface area contributed by atoms with Crippen molar-refractivity contribution < 1.29 is 18.7 Å². The highest BCUT2D eigenvalue weighted by molar-refractivity contribution is 5.70. The zero-order valence-corrected chi connectivity index (χ0v) is 11.5. The second kappa shape index (κ2) is 5.50. The third-order valence-corrected chi connectivity index (χ3v) is 3.38. The summed E-state index contributed by atoms with van der Waals surface area (Å²) in [5, 5.41) is 4.05. The summed E-state index contributed by atoms with van der Waals surface area (Å²) in [6, 6.07) is 5.52. The Balaban J connectivity index is 2.00. The van der Waals surface area contributed by atoms with Crippen LogP contribution in [0.3, 0.4) is 0 Å². The van der Waals surface area contributed by atoms with E-state index in [2.05, 4.69) is 10.1 Å². The van der Waals surface area contributed by atoms with Crippen LogP contribution in [-0.4, -0.2) is 37.6 Å². The van der Waals surface area contributed by atoms with Gasteiger partial charge in [0.15, 0.2) is 5.82 Å². The molecule has 2 aromatic rings. The molecule has 2 heterocycles. The van der Waals surface area contributed by atoms with Crippen molar-refractivity contribution in [2.24, 2.45) is 0 Å². The van der Waals surface area contributed by atoms with E-state index in [1.54, 1.807) is 14.2 Å². The highest BCUT2D eigenvalue weighted by Gasteiger charge is 2.25. The van der Waals surface area contributed by atoms with Crippen molar-refractivity contribution in [2.75, 3.05) is 27.4 Å². The van der Waals surface area contributed by atoms with Crippen molar-refractivity contribution in [3.63, 3.8) is 0 Å². The minimum atomic E-state index is 0.202. The largest absolute Gasteiger partial charge is 0.496 e. The SMILES string of the molecule is COc1cccc(OC)c1-c1nc(C2CCOC2)no1. The molecule has 0 amide bonds. The molecule has 6 heteroatoms. The van der Waals surface area contributed by atoms with Crippen LogP contribution < -0.4 is 9.47 Å². The van der Waals surface area contributed by atoms with Gasteiger partial charge in [-0.2, -0.15) is 4.98 Å². The molecule has 0 N–H and O–H groups in total. The molecule has 0 aliphatic carbocycles. The lowest BCUT2D eigenvalue weighted by Crippen LogP contribution is -2.00. The van der Waals surface area contributed by atoms with Crippen LogP contribution in [0.4, 0.5) is 0 Å². The number of methoxy groups -OCH3 is 2. The molecular formula is C14H16N2O4. The Bertz CT molecular complexity index is 568. The average molecular weight is 276 g/mol. The Morgan fingerprint density at radius 1 is 1.20 bits per heavy atom. The zero-order chi connectivity index (χ0) is 13.9. The van der Waals surface area contributed by atoms with Crippen LogP contribution in [0, 0.1) is 0 Å². The van der Waals surface area contributed by atoms with Crippen LogP contribution in [-0.2, 0) is 4.74 Å². The second-order valence-corrected chi connectivity index (χ2v) is 4.56. The highest BCUT2D eigenvalue weighted by atomic mass is 16.5. The number of benzene rings is 1. The number of hydrogen-bond donors (Lipinski definition) is 0. The van der Waals surface area contributed by atoms with Crippen molar-refractivity contribution in [2.45, 2.75) is 12.3 Å². The molecule has 20 heavy (non-hydrogen) atoms. The van der Waals surface area contributed by atoms with E-state index in [9.17, 15) is 0 Å². The van der Waals surface area contributed by atoms with Crippen molar-refractivity contribution in [1.29, 1.82) is 0 Å². The van der Waals surface area contributed by atoms with E-state index >= 15 is 0 Å². The second-order valence-electron chi connectivity index (χ2n) is 4.56. The summed E-state index contributed by atoms with van der Waals surface area (Å²) in [6.07, 6.45) is 0.919. The molecule has 0 radical (unpaired) electrons. The topological polar surface area (TPSA) is 66.6 Å². The summed E-state index contributed by atoms with van der Waals surface area (Å²) >= 11 is 0. The van der Waals surface area contributed by atoms with E-state index < -0.39 is 0 Å². The van der Waals surface area contributed by atoms with Crippen molar-refractivity contribution in [3.05, 3.63) is 24.0 Å². The molecule has 1 fully saturated rings. The molecule has 1 saturated heterocycles. The van der Waals surface area contributed by atoms with Gasteiger partial charge in [0.1, 0.15) is 17.1 Å². The summed E-state index contributed by atoms with van der Waals surface area (Å²) in [5.74, 6) is 2.56. The summed E-state index contributed by atoms with van der Waals surface area (Å²) < 4.78 is 21.4. The molecule has 1 aliphatic rings. The first-order chi connectivity index (χ1) is 9.83. The molecule has 0 saturated carbocycles. The van der Waals surface area contributed by atoms with Gasteiger partial charge in [0.05, 0.1) is 20.8 Å². The molecule has 1 unspecified atom stereocenters. The van der Waals surface area contributed by atoms with Gasteiger partial charge in [0, 0.05) is 12.5 Å². The smallest absolute Gasteiger partial charge is 0.265 e. The van der Waals surface area contributed by atoms with Gasteiger partial charge in [0.2, 0.25) is 0 Å². The maximum Gasteiger partial charge on any atom is 0.265 e. The molecule has 0 bridgehead atoms. The van der Waals surface area contributed by atoms with Crippen LogP contribution in [0.1, 0.15) is 18.2 Å². The van der Waals surface area contributed by atoms with Crippen molar-refractivity contribution in [3.8, 4) is 23.0 Å². The molecule has 106 valence electrons. The third-order valence-electron chi connectivity index (χ3n) is 3.38. The van der Waals surface area contributed by atoms with Gasteiger partial charge in [-0.1, -0.05) is 11.2 Å². The minimum absolute atomic E-state index is 0.202. The van der Waals surface area contributed by atoms with Crippen LogP contribution >= 0.6 is 0 Å². The van der Waals surface area contributed by atoms with Crippen molar-refractivity contribution >= 4 is 0 Å². The third kappa shape index (κ3) is 2.22. The first-order valence-corrected chi connectivity index (χ1v) is 6.46. The van der Waals surface area contributed by atoms with E-state index in [1.807, 2.05) is 18.2 Å². The Labute approximate surface area is 116 Å². The molecule has 1 aliphatic heterocycles. The quantitative estimate of drug-likeness (QED) is 0.853. The molecular weight excluding hydrogens is 260 g/mol. The average Bonchev–Trinajstić information content (AvgIpc) is 3.16. The van der Waals surface area contributed by atoms with Crippen LogP contribution in [0.15, 0.2) is 22.7 Å². The zero-order valence-electron chi connectivity index (χ0n) is 11.5. The normalized spacial score (nSPS) is 18.2. The van der Waals surface area contributed by atoms with Crippen LogP contribution in [0.5, 0.6) is 11.5 Å². The number of aromatic nitrogens is 2. The maximum atomic E-state index is 5.37. The Morgan fingerprint density at radius 3 is 2.55 bits per heavy atom. The summed E-state index contributed by atoms with van der Waals surface area (Å²) in [4.78, 5) is 4.46. The molecule has 1 aromatic heterocycles. The lowest BCUT2D eigenvalue weighted by Gasteiger charge is -2.09. The molecule has 6 nitrogen and oxygen atoms in total. The Hall–Kier alpha value is -2.08. The summed E-state index contributed by atoms with van der Waals surface area (Å²) in [7, 11) is 3.20. The summed E-state index contributed by atoms with van der Waals surface area (Å²) in [5.41, 5.74) is 0.676. The van der Waals surface area contributed by atoms with Crippen LogP contribution in [0.25, 0.3) is 11.5 Å². The van der Waals surface area contributed by atoms with Gasteiger partial charge in [-0.05, 0) is 18.6 Å². The first-order valence-electron chi connectivity index (χ1n) is 6.46. The fraction of sp³-hybridized carbons (Fsp3) is 0.429. The lowest BCUT2D eigenvalue weighted by molar-refractivity contribution is 0.192. The van der Waals surface area contributed by atoms with Gasteiger partial charge in [-0.15, -0.1) is 0 Å². The standard InChI is InChI=1S/C14H16N2O4/c1-17-10-4-3-5-11(18-2)12(10)14-15-13(16-20-14)9-6-7-19-8-9/h3-5,9H,6-8H2,1-2H3.